The van der Waals surface area contributed by atoms with Gasteiger partial charge in [0, 0.05) is 38.4 Å². The number of anilines is 1. The molecule has 2 fully saturated rings. The first-order chi connectivity index (χ1) is 13.2. The maximum Gasteiger partial charge on any atom is 0.289 e. The molecule has 8 nitrogen and oxygen atoms in total. The second-order valence-corrected chi connectivity index (χ2v) is 6.95. The van der Waals surface area contributed by atoms with Crippen LogP contribution in [0.2, 0.25) is 0 Å². The standard InChI is InChI=1S/C19H23N5O3/c25-17(15-7-8-20-19(22-15)21-14-4-1-2-5-14)23-9-11-24(12-10-23)18(26)16-6-3-13-27-16/h3,6-8,13-14H,1-2,4-5,9-12H2,(H,20,21,22). The molecule has 2 aromatic heterocycles. The number of nitrogens with zero attached hydrogens (tertiary/aromatic N) is 4. The zero-order chi connectivity index (χ0) is 18.6. The molecule has 2 aromatic rings. The van der Waals surface area contributed by atoms with E-state index in [0.29, 0.717) is 49.6 Å². The van der Waals surface area contributed by atoms with E-state index >= 15 is 0 Å². The number of rotatable bonds is 4. The smallest absolute Gasteiger partial charge is 0.289 e. The van der Waals surface area contributed by atoms with Crippen LogP contribution in [-0.2, 0) is 0 Å². The maximum atomic E-state index is 12.8. The third-order valence-electron chi connectivity index (χ3n) is 5.15. The number of piperazine rings is 1. The number of carbonyl (C=O) groups excluding carboxylic acids is 2. The molecule has 0 spiro atoms. The number of amides is 2. The molecule has 4 rings (SSSR count). The Bertz CT molecular complexity index is 793. The number of nitrogens with one attached hydrogen (secondary N) is 1. The van der Waals surface area contributed by atoms with Crippen molar-refractivity contribution in [3.63, 3.8) is 0 Å². The van der Waals surface area contributed by atoms with Crippen molar-refractivity contribution >= 4 is 17.8 Å². The molecule has 2 amide bonds. The summed E-state index contributed by atoms with van der Waals surface area (Å²) in [5.74, 6) is 0.571. The lowest BCUT2D eigenvalue weighted by Crippen LogP contribution is -2.50. The number of hydrogen-bond donors (Lipinski definition) is 1. The van der Waals surface area contributed by atoms with Gasteiger partial charge in [-0.2, -0.15) is 0 Å². The van der Waals surface area contributed by atoms with Crippen molar-refractivity contribution in [1.82, 2.24) is 19.8 Å². The normalized spacial score (nSPS) is 17.9. The molecule has 0 unspecified atom stereocenters. The Labute approximate surface area is 157 Å². The summed E-state index contributed by atoms with van der Waals surface area (Å²) in [5.41, 5.74) is 0.385. The van der Waals surface area contributed by atoms with E-state index in [1.807, 2.05) is 0 Å². The Balaban J connectivity index is 1.35. The topological polar surface area (TPSA) is 91.6 Å². The van der Waals surface area contributed by atoms with Gasteiger partial charge in [-0.1, -0.05) is 12.8 Å². The fourth-order valence-corrected chi connectivity index (χ4v) is 3.63. The first-order valence-corrected chi connectivity index (χ1v) is 9.42. The molecule has 1 saturated heterocycles. The molecule has 27 heavy (non-hydrogen) atoms. The molecule has 0 aromatic carbocycles. The van der Waals surface area contributed by atoms with Gasteiger partial charge >= 0.3 is 0 Å². The first kappa shape index (κ1) is 17.5. The van der Waals surface area contributed by atoms with Crippen LogP contribution in [0.1, 0.15) is 46.7 Å². The van der Waals surface area contributed by atoms with E-state index in [1.54, 1.807) is 34.2 Å². The third-order valence-corrected chi connectivity index (χ3v) is 5.15. The average molecular weight is 369 g/mol. The van der Waals surface area contributed by atoms with Gasteiger partial charge < -0.3 is 19.5 Å². The van der Waals surface area contributed by atoms with Crippen molar-refractivity contribution < 1.29 is 14.0 Å². The molecule has 8 heteroatoms. The Morgan fingerprint density at radius 3 is 2.41 bits per heavy atom. The Morgan fingerprint density at radius 2 is 1.74 bits per heavy atom. The number of aromatic nitrogens is 2. The summed E-state index contributed by atoms with van der Waals surface area (Å²) < 4.78 is 5.16. The minimum atomic E-state index is -0.141. The van der Waals surface area contributed by atoms with E-state index in [-0.39, 0.29) is 11.8 Å². The van der Waals surface area contributed by atoms with Crippen molar-refractivity contribution in [1.29, 1.82) is 0 Å². The zero-order valence-corrected chi connectivity index (χ0v) is 15.1. The maximum absolute atomic E-state index is 12.8. The minimum absolute atomic E-state index is 0.128. The van der Waals surface area contributed by atoms with E-state index < -0.39 is 0 Å². The van der Waals surface area contributed by atoms with Gasteiger partial charge in [0.1, 0.15) is 5.69 Å². The molecule has 3 heterocycles. The highest BCUT2D eigenvalue weighted by atomic mass is 16.3. The summed E-state index contributed by atoms with van der Waals surface area (Å²) in [5, 5.41) is 3.32. The molecular formula is C19H23N5O3. The SMILES string of the molecule is O=C(c1ccnc(NC2CCCC2)n1)N1CCN(C(=O)c2ccco2)CC1. The van der Waals surface area contributed by atoms with Crippen LogP contribution in [0.5, 0.6) is 0 Å². The lowest BCUT2D eigenvalue weighted by atomic mass is 10.2. The minimum Gasteiger partial charge on any atom is -0.459 e. The van der Waals surface area contributed by atoms with Crippen LogP contribution in [0.3, 0.4) is 0 Å². The van der Waals surface area contributed by atoms with Crippen molar-refractivity contribution in [3.05, 3.63) is 42.1 Å². The largest absolute Gasteiger partial charge is 0.459 e. The van der Waals surface area contributed by atoms with E-state index in [4.69, 9.17) is 4.42 Å². The quantitative estimate of drug-likeness (QED) is 0.887. The number of carbonyl (C=O) groups is 2. The van der Waals surface area contributed by atoms with Gasteiger partial charge in [0.15, 0.2) is 5.76 Å². The highest BCUT2D eigenvalue weighted by molar-refractivity contribution is 5.93. The first-order valence-electron chi connectivity index (χ1n) is 9.42. The van der Waals surface area contributed by atoms with Gasteiger partial charge in [-0.25, -0.2) is 9.97 Å². The fourth-order valence-electron chi connectivity index (χ4n) is 3.63. The summed E-state index contributed by atoms with van der Waals surface area (Å²) >= 11 is 0. The second-order valence-electron chi connectivity index (χ2n) is 6.95. The van der Waals surface area contributed by atoms with Crippen LogP contribution >= 0.6 is 0 Å². The molecular weight excluding hydrogens is 346 g/mol. The van der Waals surface area contributed by atoms with Gasteiger partial charge in [-0.15, -0.1) is 0 Å². The summed E-state index contributed by atoms with van der Waals surface area (Å²) in [6.45, 7) is 1.90. The van der Waals surface area contributed by atoms with E-state index in [0.717, 1.165) is 12.8 Å². The molecule has 1 aliphatic heterocycles. The number of hydrogen-bond acceptors (Lipinski definition) is 6. The molecule has 0 radical (unpaired) electrons. The highest BCUT2D eigenvalue weighted by Crippen LogP contribution is 2.21. The second kappa shape index (κ2) is 7.77. The number of furan rings is 1. The van der Waals surface area contributed by atoms with Crippen LogP contribution < -0.4 is 5.32 Å². The third kappa shape index (κ3) is 3.94. The van der Waals surface area contributed by atoms with Crippen LogP contribution in [-0.4, -0.2) is 63.8 Å². The molecule has 1 saturated carbocycles. The molecule has 142 valence electrons. The van der Waals surface area contributed by atoms with E-state index in [1.165, 1.54) is 19.1 Å². The van der Waals surface area contributed by atoms with Crippen molar-refractivity contribution in [2.75, 3.05) is 31.5 Å². The predicted octanol–water partition coefficient (Wildman–Crippen LogP) is 2.02. The van der Waals surface area contributed by atoms with Gasteiger partial charge in [-0.3, -0.25) is 9.59 Å². The molecule has 0 bridgehead atoms. The highest BCUT2D eigenvalue weighted by Gasteiger charge is 2.27. The zero-order valence-electron chi connectivity index (χ0n) is 15.1. The Kier molecular flexibility index (Phi) is 5.04. The van der Waals surface area contributed by atoms with Crippen molar-refractivity contribution in [3.8, 4) is 0 Å². The van der Waals surface area contributed by atoms with Crippen LogP contribution in [0.15, 0.2) is 35.1 Å². The molecule has 1 N–H and O–H groups in total. The van der Waals surface area contributed by atoms with Crippen molar-refractivity contribution in [2.45, 2.75) is 31.7 Å². The van der Waals surface area contributed by atoms with E-state index in [2.05, 4.69) is 15.3 Å². The summed E-state index contributed by atoms with van der Waals surface area (Å²) in [6, 6.07) is 5.38. The molecule has 2 aliphatic rings. The molecule has 0 atom stereocenters. The van der Waals surface area contributed by atoms with Gasteiger partial charge in [0.05, 0.1) is 6.26 Å². The van der Waals surface area contributed by atoms with E-state index in [9.17, 15) is 9.59 Å². The van der Waals surface area contributed by atoms with Crippen molar-refractivity contribution in [2.24, 2.45) is 0 Å². The van der Waals surface area contributed by atoms with Crippen LogP contribution in [0.4, 0.5) is 5.95 Å². The predicted molar refractivity (Wildman–Crippen MR) is 98.4 cm³/mol. The lowest BCUT2D eigenvalue weighted by Gasteiger charge is -2.34. The summed E-state index contributed by atoms with van der Waals surface area (Å²) in [6.07, 6.45) is 7.78. The van der Waals surface area contributed by atoms with Gasteiger partial charge in [0.2, 0.25) is 5.95 Å². The van der Waals surface area contributed by atoms with Crippen LogP contribution in [0, 0.1) is 0 Å². The van der Waals surface area contributed by atoms with Crippen LogP contribution in [0.25, 0.3) is 0 Å². The Morgan fingerprint density at radius 1 is 1.04 bits per heavy atom. The average Bonchev–Trinajstić information content (AvgIpc) is 3.41. The summed E-state index contributed by atoms with van der Waals surface area (Å²) in [4.78, 5) is 37.2. The Hall–Kier alpha value is -2.90. The fraction of sp³-hybridized carbons (Fsp3) is 0.474. The van der Waals surface area contributed by atoms with Gasteiger partial charge in [0.25, 0.3) is 11.8 Å². The monoisotopic (exact) mass is 369 g/mol. The molecule has 1 aliphatic carbocycles. The lowest BCUT2D eigenvalue weighted by molar-refractivity contribution is 0.0515. The summed E-state index contributed by atoms with van der Waals surface area (Å²) in [7, 11) is 0. The van der Waals surface area contributed by atoms with Gasteiger partial charge in [-0.05, 0) is 31.0 Å².